The van der Waals surface area contributed by atoms with Gasteiger partial charge in [0.25, 0.3) is 0 Å². The summed E-state index contributed by atoms with van der Waals surface area (Å²) in [5.74, 6) is 0. The van der Waals surface area contributed by atoms with Gasteiger partial charge in [-0.25, -0.2) is 0 Å². The second-order valence-electron chi connectivity index (χ2n) is 14.1. The molecule has 0 aliphatic rings. The zero-order valence-corrected chi connectivity index (χ0v) is 29.5. The van der Waals surface area contributed by atoms with Crippen LogP contribution in [0.15, 0.2) is 206 Å². The van der Waals surface area contributed by atoms with Gasteiger partial charge in [-0.2, -0.15) is 0 Å². The maximum atomic E-state index is 2.45. The van der Waals surface area contributed by atoms with Crippen LogP contribution >= 0.6 is 0 Å². The van der Waals surface area contributed by atoms with E-state index in [0.717, 1.165) is 22.7 Å². The maximum absolute atomic E-state index is 2.45. The molecule has 11 aromatic rings. The van der Waals surface area contributed by atoms with E-state index in [9.17, 15) is 0 Å². The minimum atomic E-state index is 1.10. The molecule has 1 heterocycles. The number of aromatic nitrogens is 1. The summed E-state index contributed by atoms with van der Waals surface area (Å²) < 4.78 is 2.40. The van der Waals surface area contributed by atoms with Crippen molar-refractivity contribution in [2.45, 2.75) is 0 Å². The Balaban J connectivity index is 1.15. The Bertz CT molecular complexity index is 3210. The van der Waals surface area contributed by atoms with Gasteiger partial charge >= 0.3 is 0 Å². The summed E-state index contributed by atoms with van der Waals surface area (Å²) in [6.07, 6.45) is 0. The molecule has 11 rings (SSSR count). The molecule has 0 saturated carbocycles. The first-order chi connectivity index (χ1) is 26.8. The van der Waals surface area contributed by atoms with Crippen molar-refractivity contribution in [1.82, 2.24) is 4.57 Å². The topological polar surface area (TPSA) is 8.17 Å². The largest absolute Gasteiger partial charge is 0.310 e. The number of hydrogen-bond acceptors (Lipinski definition) is 1. The second kappa shape index (κ2) is 12.2. The van der Waals surface area contributed by atoms with Gasteiger partial charge in [-0.05, 0) is 109 Å². The van der Waals surface area contributed by atoms with Crippen LogP contribution in [0.4, 0.5) is 17.1 Å². The molecule has 1 aromatic heterocycles. The normalized spacial score (nSPS) is 11.7. The van der Waals surface area contributed by atoms with Crippen LogP contribution in [0.25, 0.3) is 81.7 Å². The van der Waals surface area contributed by atoms with Crippen molar-refractivity contribution in [2.75, 3.05) is 4.90 Å². The first-order valence-electron chi connectivity index (χ1n) is 18.6. The molecule has 0 atom stereocenters. The van der Waals surface area contributed by atoms with E-state index in [1.807, 2.05) is 0 Å². The van der Waals surface area contributed by atoms with Crippen LogP contribution < -0.4 is 4.90 Å². The number of fused-ring (bicyclic) bond motifs is 9. The summed E-state index contributed by atoms with van der Waals surface area (Å²) >= 11 is 0. The number of rotatable bonds is 5. The number of benzene rings is 10. The lowest BCUT2D eigenvalue weighted by Crippen LogP contribution is -2.10. The molecule has 0 spiro atoms. The highest BCUT2D eigenvalue weighted by Crippen LogP contribution is 2.45. The molecular formula is C52H34N2. The van der Waals surface area contributed by atoms with Gasteiger partial charge in [-0.1, -0.05) is 152 Å². The summed E-state index contributed by atoms with van der Waals surface area (Å²) in [5.41, 5.74) is 9.31. The lowest BCUT2D eigenvalue weighted by atomic mass is 9.94. The molecule has 0 fully saturated rings. The van der Waals surface area contributed by atoms with E-state index in [1.54, 1.807) is 0 Å². The van der Waals surface area contributed by atoms with E-state index < -0.39 is 0 Å². The molecule has 0 aliphatic heterocycles. The predicted octanol–water partition coefficient (Wildman–Crippen LogP) is 14.5. The summed E-state index contributed by atoms with van der Waals surface area (Å²) in [4.78, 5) is 2.45. The molecule has 10 aromatic carbocycles. The van der Waals surface area contributed by atoms with Crippen LogP contribution in [0.2, 0.25) is 0 Å². The Kier molecular flexibility index (Phi) is 6.90. The van der Waals surface area contributed by atoms with Crippen molar-refractivity contribution in [2.24, 2.45) is 0 Å². The highest BCUT2D eigenvalue weighted by atomic mass is 15.1. The average Bonchev–Trinajstić information content (AvgIpc) is 3.59. The lowest BCUT2D eigenvalue weighted by molar-refractivity contribution is 1.18. The van der Waals surface area contributed by atoms with E-state index in [0.29, 0.717) is 0 Å². The van der Waals surface area contributed by atoms with Crippen LogP contribution in [0.5, 0.6) is 0 Å². The SMILES string of the molecule is c1ccc(-n2c3ccccc3c3c(N(c4ccc(-c5cccc6c5ccc5ccccc56)cc4)c4ccc5ccc6ccccc6c5c4)cccc32)cc1. The van der Waals surface area contributed by atoms with Crippen LogP contribution in [0, 0.1) is 0 Å². The van der Waals surface area contributed by atoms with Crippen LogP contribution in [0.1, 0.15) is 0 Å². The van der Waals surface area contributed by atoms with Gasteiger partial charge in [0.2, 0.25) is 0 Å². The summed E-state index contributed by atoms with van der Waals surface area (Å²) in [6, 6.07) is 75.3. The second-order valence-corrected chi connectivity index (χ2v) is 14.1. The van der Waals surface area contributed by atoms with Gasteiger partial charge in [-0.15, -0.1) is 0 Å². The lowest BCUT2D eigenvalue weighted by Gasteiger charge is -2.27. The first kappa shape index (κ1) is 30.5. The number of para-hydroxylation sites is 2. The summed E-state index contributed by atoms with van der Waals surface area (Å²) in [7, 11) is 0. The molecule has 0 N–H and O–H groups in total. The Hall–Kier alpha value is -7.16. The van der Waals surface area contributed by atoms with Gasteiger partial charge in [-0.3, -0.25) is 0 Å². The Labute approximate surface area is 313 Å². The van der Waals surface area contributed by atoms with E-state index in [4.69, 9.17) is 0 Å². The number of anilines is 3. The predicted molar refractivity (Wildman–Crippen MR) is 231 cm³/mol. The average molecular weight is 687 g/mol. The van der Waals surface area contributed by atoms with Crippen LogP contribution in [0.3, 0.4) is 0 Å². The molecule has 2 heteroatoms. The van der Waals surface area contributed by atoms with Gasteiger partial charge in [0.05, 0.1) is 16.7 Å². The Morgan fingerprint density at radius 1 is 0.333 bits per heavy atom. The molecule has 0 saturated heterocycles. The van der Waals surface area contributed by atoms with Gasteiger partial charge in [0.1, 0.15) is 0 Å². The van der Waals surface area contributed by atoms with E-state index >= 15 is 0 Å². The van der Waals surface area contributed by atoms with Crippen LogP contribution in [-0.4, -0.2) is 4.57 Å². The van der Waals surface area contributed by atoms with Crippen LogP contribution in [-0.2, 0) is 0 Å². The van der Waals surface area contributed by atoms with Gasteiger partial charge in [0, 0.05) is 27.8 Å². The molecule has 54 heavy (non-hydrogen) atoms. The third kappa shape index (κ3) is 4.74. The molecule has 0 unspecified atom stereocenters. The first-order valence-corrected chi connectivity index (χ1v) is 18.6. The van der Waals surface area contributed by atoms with Crippen molar-refractivity contribution in [3.05, 3.63) is 206 Å². The number of hydrogen-bond donors (Lipinski definition) is 0. The van der Waals surface area contributed by atoms with Crippen molar-refractivity contribution in [1.29, 1.82) is 0 Å². The molecule has 0 radical (unpaired) electrons. The van der Waals surface area contributed by atoms with Crippen molar-refractivity contribution >= 4 is 82.0 Å². The van der Waals surface area contributed by atoms with E-state index in [1.165, 1.54) is 76.0 Å². The quantitative estimate of drug-likeness (QED) is 0.164. The summed E-state index contributed by atoms with van der Waals surface area (Å²) in [6.45, 7) is 0. The van der Waals surface area contributed by atoms with Gasteiger partial charge in [0.15, 0.2) is 0 Å². The van der Waals surface area contributed by atoms with Crippen molar-refractivity contribution < 1.29 is 0 Å². The highest BCUT2D eigenvalue weighted by molar-refractivity contribution is 6.17. The standard InChI is InChI=1S/C52H34N2/c1-2-14-39(15-3-1)54-49-21-9-8-18-47(49)52-50(22-11-23-51(52)54)53(41-32-28-38-25-24-35-12-5-7-17-44(35)48(38)34-41)40-30-26-37(27-31-40)43-19-10-20-45-42-16-6-4-13-36(42)29-33-46(43)45/h1-34H. The zero-order valence-electron chi connectivity index (χ0n) is 29.5. The molecule has 0 amide bonds. The fourth-order valence-corrected chi connectivity index (χ4v) is 8.68. The maximum Gasteiger partial charge on any atom is 0.0562 e. The Morgan fingerprint density at radius 3 is 1.70 bits per heavy atom. The molecular weight excluding hydrogens is 653 g/mol. The minimum Gasteiger partial charge on any atom is -0.310 e. The van der Waals surface area contributed by atoms with Gasteiger partial charge < -0.3 is 9.47 Å². The molecule has 2 nitrogen and oxygen atoms in total. The fraction of sp³-hybridized carbons (Fsp3) is 0. The summed E-state index contributed by atoms with van der Waals surface area (Å²) in [5, 5.41) is 12.5. The van der Waals surface area contributed by atoms with Crippen molar-refractivity contribution in [3.63, 3.8) is 0 Å². The van der Waals surface area contributed by atoms with E-state index in [-0.39, 0.29) is 0 Å². The van der Waals surface area contributed by atoms with E-state index in [2.05, 4.69) is 216 Å². The smallest absolute Gasteiger partial charge is 0.0562 e. The monoisotopic (exact) mass is 686 g/mol. The third-order valence-corrected chi connectivity index (χ3v) is 11.1. The minimum absolute atomic E-state index is 1.10. The molecule has 252 valence electrons. The molecule has 0 aliphatic carbocycles. The highest BCUT2D eigenvalue weighted by Gasteiger charge is 2.21. The zero-order chi connectivity index (χ0) is 35.6. The Morgan fingerprint density at radius 2 is 0.907 bits per heavy atom. The number of nitrogens with zero attached hydrogens (tertiary/aromatic N) is 2. The third-order valence-electron chi connectivity index (χ3n) is 11.1. The van der Waals surface area contributed by atoms with Crippen molar-refractivity contribution in [3.8, 4) is 16.8 Å². The fourth-order valence-electron chi connectivity index (χ4n) is 8.68. The molecule has 0 bridgehead atoms.